The molecule has 0 radical (unpaired) electrons. The number of ether oxygens (including phenoxy) is 1. The average molecular weight is 409 g/mol. The van der Waals surface area contributed by atoms with Crippen molar-refractivity contribution in [2.45, 2.75) is 18.2 Å². The van der Waals surface area contributed by atoms with Crippen LogP contribution in [0.1, 0.15) is 22.8 Å². The van der Waals surface area contributed by atoms with Crippen LogP contribution in [0, 0.1) is 0 Å². The van der Waals surface area contributed by atoms with Gasteiger partial charge in [0.05, 0.1) is 18.2 Å². The van der Waals surface area contributed by atoms with Gasteiger partial charge in [-0.3, -0.25) is 4.79 Å². The lowest BCUT2D eigenvalue weighted by Crippen LogP contribution is -2.40. The maximum absolute atomic E-state index is 12.9. The van der Waals surface area contributed by atoms with Crippen LogP contribution in [-0.4, -0.2) is 44.9 Å². The molecule has 0 aromatic heterocycles. The van der Waals surface area contributed by atoms with Gasteiger partial charge in [0.25, 0.3) is 5.91 Å². The minimum absolute atomic E-state index is 0.0685. The topological polar surface area (TPSA) is 75.7 Å². The molecule has 2 aromatic rings. The molecule has 8 heteroatoms. The fourth-order valence-electron chi connectivity index (χ4n) is 2.84. The molecule has 0 aliphatic carbocycles. The number of benzene rings is 2. The predicted octanol–water partition coefficient (Wildman–Crippen LogP) is 3.18. The van der Waals surface area contributed by atoms with Crippen molar-refractivity contribution in [3.05, 3.63) is 58.6 Å². The predicted molar refractivity (Wildman–Crippen MR) is 105 cm³/mol. The van der Waals surface area contributed by atoms with E-state index in [0.717, 1.165) is 12.0 Å². The molecule has 27 heavy (non-hydrogen) atoms. The first-order valence-corrected chi connectivity index (χ1v) is 10.5. The summed E-state index contributed by atoms with van der Waals surface area (Å²) in [6.45, 7) is 3.23. The fraction of sp³-hybridized carbons (Fsp3) is 0.316. The van der Waals surface area contributed by atoms with Crippen molar-refractivity contribution in [1.82, 2.24) is 4.31 Å². The number of nitrogens with zero attached hydrogens (tertiary/aromatic N) is 1. The number of carbonyl (C=O) groups excluding carboxylic acids is 1. The third-order valence-corrected chi connectivity index (χ3v) is 6.75. The lowest BCUT2D eigenvalue weighted by Gasteiger charge is -2.26. The van der Waals surface area contributed by atoms with E-state index in [2.05, 4.69) is 5.32 Å². The molecule has 144 valence electrons. The van der Waals surface area contributed by atoms with Gasteiger partial charge < -0.3 is 10.1 Å². The highest BCUT2D eigenvalue weighted by molar-refractivity contribution is 7.89. The van der Waals surface area contributed by atoms with Gasteiger partial charge >= 0.3 is 0 Å². The number of hydrogen-bond acceptors (Lipinski definition) is 4. The van der Waals surface area contributed by atoms with E-state index < -0.39 is 15.9 Å². The monoisotopic (exact) mass is 408 g/mol. The molecule has 1 saturated heterocycles. The van der Waals surface area contributed by atoms with Crippen LogP contribution < -0.4 is 5.32 Å². The summed E-state index contributed by atoms with van der Waals surface area (Å²) in [5.74, 6) is -0.390. The Morgan fingerprint density at radius 3 is 2.63 bits per heavy atom. The number of rotatable bonds is 5. The van der Waals surface area contributed by atoms with E-state index in [1.807, 2.05) is 25.1 Å². The summed E-state index contributed by atoms with van der Waals surface area (Å²) in [6.07, 6.45) is 0.854. The van der Waals surface area contributed by atoms with Crippen LogP contribution in [0.15, 0.2) is 47.4 Å². The van der Waals surface area contributed by atoms with Gasteiger partial charge in [0.15, 0.2) is 0 Å². The third kappa shape index (κ3) is 4.50. The molecule has 1 fully saturated rings. The van der Waals surface area contributed by atoms with Gasteiger partial charge in [-0.1, -0.05) is 30.7 Å². The maximum Gasteiger partial charge on any atom is 0.255 e. The van der Waals surface area contributed by atoms with Crippen LogP contribution in [0.4, 0.5) is 5.69 Å². The first-order valence-electron chi connectivity index (χ1n) is 8.69. The van der Waals surface area contributed by atoms with Crippen molar-refractivity contribution >= 4 is 33.2 Å². The Bertz CT molecular complexity index is 940. The van der Waals surface area contributed by atoms with Gasteiger partial charge in [0.1, 0.15) is 4.90 Å². The quantitative estimate of drug-likeness (QED) is 0.824. The molecule has 2 aromatic carbocycles. The molecule has 6 nitrogen and oxygen atoms in total. The normalized spacial score (nSPS) is 15.5. The number of amides is 1. The van der Waals surface area contributed by atoms with Crippen LogP contribution >= 0.6 is 11.6 Å². The Hall–Kier alpha value is -1.93. The molecule has 1 aliphatic rings. The van der Waals surface area contributed by atoms with E-state index in [1.54, 1.807) is 6.07 Å². The van der Waals surface area contributed by atoms with Gasteiger partial charge in [-0.05, 0) is 42.3 Å². The summed E-state index contributed by atoms with van der Waals surface area (Å²) in [6, 6.07) is 11.8. The summed E-state index contributed by atoms with van der Waals surface area (Å²) >= 11 is 6.14. The van der Waals surface area contributed by atoms with E-state index >= 15 is 0 Å². The zero-order valence-electron chi connectivity index (χ0n) is 14.9. The van der Waals surface area contributed by atoms with E-state index in [1.165, 1.54) is 22.5 Å². The highest BCUT2D eigenvalue weighted by atomic mass is 35.5. The van der Waals surface area contributed by atoms with E-state index in [4.69, 9.17) is 16.3 Å². The summed E-state index contributed by atoms with van der Waals surface area (Å²) in [7, 11) is -3.79. The molecular weight excluding hydrogens is 388 g/mol. The van der Waals surface area contributed by atoms with Crippen LogP contribution in [-0.2, 0) is 21.2 Å². The Morgan fingerprint density at radius 1 is 1.19 bits per heavy atom. The summed E-state index contributed by atoms with van der Waals surface area (Å²) in [4.78, 5) is 12.5. The van der Waals surface area contributed by atoms with Crippen molar-refractivity contribution in [2.24, 2.45) is 0 Å². The van der Waals surface area contributed by atoms with Crippen molar-refractivity contribution in [3.8, 4) is 0 Å². The zero-order chi connectivity index (χ0) is 19.4. The fourth-order valence-corrected chi connectivity index (χ4v) is 4.75. The van der Waals surface area contributed by atoms with Gasteiger partial charge in [0.2, 0.25) is 10.0 Å². The SMILES string of the molecule is CCc1cccc(NC(=O)c2ccc(Cl)c(S(=O)(=O)N3CCOCC3)c2)c1. The van der Waals surface area contributed by atoms with Crippen molar-refractivity contribution in [3.63, 3.8) is 0 Å². The lowest BCUT2D eigenvalue weighted by molar-refractivity contribution is 0.0730. The number of sulfonamides is 1. The Kier molecular flexibility index (Phi) is 6.16. The van der Waals surface area contributed by atoms with Crippen molar-refractivity contribution < 1.29 is 17.9 Å². The first kappa shape index (κ1) is 19.8. The minimum Gasteiger partial charge on any atom is -0.379 e. The molecule has 1 heterocycles. The lowest BCUT2D eigenvalue weighted by atomic mass is 10.1. The first-order chi connectivity index (χ1) is 12.9. The second-order valence-electron chi connectivity index (χ2n) is 6.17. The van der Waals surface area contributed by atoms with Gasteiger partial charge in [-0.2, -0.15) is 4.31 Å². The summed E-state index contributed by atoms with van der Waals surface area (Å²) in [5, 5.41) is 2.89. The Labute approximate surface area is 164 Å². The molecule has 0 atom stereocenters. The van der Waals surface area contributed by atoms with Crippen LogP contribution in [0.2, 0.25) is 5.02 Å². The number of morpholine rings is 1. The Balaban J connectivity index is 1.87. The number of halogens is 1. The molecule has 0 bridgehead atoms. The van der Waals surface area contributed by atoms with E-state index in [-0.39, 0.29) is 28.6 Å². The largest absolute Gasteiger partial charge is 0.379 e. The minimum atomic E-state index is -3.79. The Morgan fingerprint density at radius 2 is 1.93 bits per heavy atom. The highest BCUT2D eigenvalue weighted by Crippen LogP contribution is 2.27. The van der Waals surface area contributed by atoms with Gasteiger partial charge in [-0.15, -0.1) is 0 Å². The number of anilines is 1. The number of hydrogen-bond donors (Lipinski definition) is 1. The van der Waals surface area contributed by atoms with Gasteiger partial charge in [0, 0.05) is 24.3 Å². The molecule has 0 spiro atoms. The van der Waals surface area contributed by atoms with Crippen LogP contribution in [0.3, 0.4) is 0 Å². The zero-order valence-corrected chi connectivity index (χ0v) is 16.5. The summed E-state index contributed by atoms with van der Waals surface area (Å²) in [5.41, 5.74) is 1.99. The standard InChI is InChI=1S/C19H21ClN2O4S/c1-2-14-4-3-5-16(12-14)21-19(23)15-6-7-17(20)18(13-15)27(24,25)22-8-10-26-11-9-22/h3-7,12-13H,2,8-11H2,1H3,(H,21,23). The van der Waals surface area contributed by atoms with Crippen LogP contribution in [0.5, 0.6) is 0 Å². The number of carbonyl (C=O) groups is 1. The molecule has 1 N–H and O–H groups in total. The van der Waals surface area contributed by atoms with Gasteiger partial charge in [-0.25, -0.2) is 8.42 Å². The second kappa shape index (κ2) is 8.39. The molecule has 3 rings (SSSR count). The van der Waals surface area contributed by atoms with E-state index in [0.29, 0.717) is 18.9 Å². The second-order valence-corrected chi connectivity index (χ2v) is 8.48. The maximum atomic E-state index is 12.9. The molecule has 1 aliphatic heterocycles. The number of nitrogens with one attached hydrogen (secondary N) is 1. The number of aryl methyl sites for hydroxylation is 1. The molecule has 0 unspecified atom stereocenters. The highest BCUT2D eigenvalue weighted by Gasteiger charge is 2.29. The average Bonchev–Trinajstić information content (AvgIpc) is 2.69. The summed E-state index contributed by atoms with van der Waals surface area (Å²) < 4.78 is 32.3. The molecule has 0 saturated carbocycles. The smallest absolute Gasteiger partial charge is 0.255 e. The molecule has 1 amide bonds. The molecular formula is C19H21ClN2O4S. The van der Waals surface area contributed by atoms with E-state index in [9.17, 15) is 13.2 Å². The van der Waals surface area contributed by atoms with Crippen molar-refractivity contribution in [1.29, 1.82) is 0 Å². The third-order valence-electron chi connectivity index (χ3n) is 4.37. The van der Waals surface area contributed by atoms with Crippen LogP contribution in [0.25, 0.3) is 0 Å². The van der Waals surface area contributed by atoms with Crippen molar-refractivity contribution in [2.75, 3.05) is 31.6 Å².